The molecule has 0 aliphatic carbocycles. The number of carbonyl (C=O) groups excluding carboxylic acids is 2. The standard InChI is InChI=1S/C26H27N5O2S/c1-18-7-8-19(15-24(18)30-25(32)14-11-22-16-27-17-28-22)26(33)29-20-9-12-23(13-10-20)34-31-21-5-3-2-4-6-21/h2-10,12-13,15,17,22,31H,11,14,16H2,1H3,(H,27,28)(H,29,33)(H,30,32). The smallest absolute Gasteiger partial charge is 0.255 e. The summed E-state index contributed by atoms with van der Waals surface area (Å²) in [5, 5.41) is 8.88. The molecule has 3 aromatic rings. The Bertz CT molecular complexity index is 1170. The van der Waals surface area contributed by atoms with E-state index in [1.807, 2.05) is 67.6 Å². The van der Waals surface area contributed by atoms with E-state index in [1.165, 1.54) is 11.9 Å². The summed E-state index contributed by atoms with van der Waals surface area (Å²) >= 11 is 1.50. The molecule has 0 radical (unpaired) electrons. The normalized spacial score (nSPS) is 14.3. The van der Waals surface area contributed by atoms with Crippen molar-refractivity contribution in [1.29, 1.82) is 0 Å². The Hall–Kier alpha value is -3.78. The molecular weight excluding hydrogens is 446 g/mol. The number of hydrogen-bond acceptors (Lipinski definition) is 6. The Morgan fingerprint density at radius 3 is 2.53 bits per heavy atom. The van der Waals surface area contributed by atoms with Crippen molar-refractivity contribution in [1.82, 2.24) is 5.32 Å². The van der Waals surface area contributed by atoms with Crippen LogP contribution in [0.25, 0.3) is 0 Å². The molecule has 1 atom stereocenters. The second-order valence-corrected chi connectivity index (χ2v) is 8.89. The van der Waals surface area contributed by atoms with E-state index in [-0.39, 0.29) is 17.9 Å². The van der Waals surface area contributed by atoms with Crippen molar-refractivity contribution in [3.63, 3.8) is 0 Å². The van der Waals surface area contributed by atoms with Gasteiger partial charge in [0.1, 0.15) is 0 Å². The van der Waals surface area contributed by atoms with Gasteiger partial charge in [0.25, 0.3) is 5.91 Å². The summed E-state index contributed by atoms with van der Waals surface area (Å²) in [6, 6.07) is 23.0. The highest BCUT2D eigenvalue weighted by Gasteiger charge is 2.14. The summed E-state index contributed by atoms with van der Waals surface area (Å²) < 4.78 is 3.28. The zero-order valence-corrected chi connectivity index (χ0v) is 19.7. The average Bonchev–Trinajstić information content (AvgIpc) is 3.38. The summed E-state index contributed by atoms with van der Waals surface area (Å²) in [6.07, 6.45) is 2.75. The summed E-state index contributed by atoms with van der Waals surface area (Å²) in [5.41, 5.74) is 3.75. The molecule has 8 heteroatoms. The number of anilines is 3. The van der Waals surface area contributed by atoms with E-state index in [0.29, 0.717) is 29.8 Å². The number of nitrogens with one attached hydrogen (secondary N) is 4. The average molecular weight is 474 g/mol. The number of carbonyl (C=O) groups is 2. The molecule has 174 valence electrons. The molecule has 0 aromatic heterocycles. The van der Waals surface area contributed by atoms with Crippen LogP contribution in [-0.2, 0) is 4.79 Å². The number of rotatable bonds is 9. The number of aryl methyl sites for hydroxylation is 1. The number of para-hydroxylation sites is 1. The highest BCUT2D eigenvalue weighted by molar-refractivity contribution is 8.00. The molecule has 1 aliphatic rings. The van der Waals surface area contributed by atoms with Crippen LogP contribution in [0, 0.1) is 6.92 Å². The first kappa shape index (κ1) is 23.4. The SMILES string of the molecule is Cc1ccc(C(=O)Nc2ccc(SNc3ccccc3)cc2)cc1NC(=O)CCC1CNC=N1. The van der Waals surface area contributed by atoms with E-state index in [0.717, 1.165) is 22.7 Å². The zero-order chi connectivity index (χ0) is 23.8. The van der Waals surface area contributed by atoms with Crippen LogP contribution in [0.2, 0.25) is 0 Å². The van der Waals surface area contributed by atoms with Crippen LogP contribution in [0.3, 0.4) is 0 Å². The molecule has 1 heterocycles. The van der Waals surface area contributed by atoms with E-state index in [2.05, 4.69) is 25.7 Å². The summed E-state index contributed by atoms with van der Waals surface area (Å²) in [5.74, 6) is -0.315. The number of nitrogens with zero attached hydrogens (tertiary/aromatic N) is 1. The van der Waals surface area contributed by atoms with Gasteiger partial charge in [-0.1, -0.05) is 24.3 Å². The third-order valence-electron chi connectivity index (χ3n) is 5.38. The molecule has 1 aliphatic heterocycles. The van der Waals surface area contributed by atoms with Gasteiger partial charge in [0, 0.05) is 40.5 Å². The first-order chi connectivity index (χ1) is 16.6. The van der Waals surface area contributed by atoms with E-state index < -0.39 is 0 Å². The number of benzene rings is 3. The van der Waals surface area contributed by atoms with Gasteiger partial charge < -0.3 is 20.7 Å². The molecule has 4 rings (SSSR count). The highest BCUT2D eigenvalue weighted by Crippen LogP contribution is 2.23. The Morgan fingerprint density at radius 2 is 1.79 bits per heavy atom. The molecule has 3 aromatic carbocycles. The van der Waals surface area contributed by atoms with Crippen molar-refractivity contribution in [2.75, 3.05) is 21.9 Å². The van der Waals surface area contributed by atoms with Crippen molar-refractivity contribution < 1.29 is 9.59 Å². The van der Waals surface area contributed by atoms with E-state index in [4.69, 9.17) is 0 Å². The predicted molar refractivity (Wildman–Crippen MR) is 140 cm³/mol. The third kappa shape index (κ3) is 6.62. The first-order valence-electron chi connectivity index (χ1n) is 11.1. The summed E-state index contributed by atoms with van der Waals surface area (Å²) in [4.78, 5) is 30.5. The molecule has 7 nitrogen and oxygen atoms in total. The number of hydrogen-bond donors (Lipinski definition) is 4. The second kappa shape index (κ2) is 11.4. The van der Waals surface area contributed by atoms with Crippen molar-refractivity contribution in [2.45, 2.75) is 30.7 Å². The second-order valence-electron chi connectivity index (χ2n) is 8.01. The fraction of sp³-hybridized carbons (Fsp3) is 0.192. The fourth-order valence-corrected chi connectivity index (χ4v) is 4.06. The molecule has 0 saturated heterocycles. The highest BCUT2D eigenvalue weighted by atomic mass is 32.2. The van der Waals surface area contributed by atoms with Crippen LogP contribution in [0.15, 0.2) is 82.7 Å². The Labute approximate surface area is 203 Å². The van der Waals surface area contributed by atoms with Gasteiger partial charge in [-0.05, 0) is 79.4 Å². The molecule has 2 amide bonds. The molecule has 0 spiro atoms. The fourth-order valence-electron chi connectivity index (χ4n) is 3.42. The van der Waals surface area contributed by atoms with E-state index in [1.54, 1.807) is 18.5 Å². The largest absolute Gasteiger partial charge is 0.374 e. The maximum Gasteiger partial charge on any atom is 0.255 e. The van der Waals surface area contributed by atoms with Gasteiger partial charge in [-0.15, -0.1) is 0 Å². The van der Waals surface area contributed by atoms with Gasteiger partial charge in [0.2, 0.25) is 5.91 Å². The van der Waals surface area contributed by atoms with Crippen molar-refractivity contribution in [2.24, 2.45) is 4.99 Å². The van der Waals surface area contributed by atoms with Gasteiger partial charge in [-0.3, -0.25) is 14.6 Å². The van der Waals surface area contributed by atoms with Crippen LogP contribution >= 0.6 is 11.9 Å². The maximum absolute atomic E-state index is 12.8. The Balaban J connectivity index is 1.31. The number of aliphatic imine (C=N–C) groups is 1. The molecule has 0 bridgehead atoms. The topological polar surface area (TPSA) is 94.6 Å². The third-order valence-corrected chi connectivity index (χ3v) is 6.23. The molecule has 34 heavy (non-hydrogen) atoms. The lowest BCUT2D eigenvalue weighted by Crippen LogP contribution is -2.19. The lowest BCUT2D eigenvalue weighted by molar-refractivity contribution is -0.116. The lowest BCUT2D eigenvalue weighted by atomic mass is 10.1. The zero-order valence-electron chi connectivity index (χ0n) is 18.9. The minimum absolute atomic E-state index is 0.0834. The summed E-state index contributed by atoms with van der Waals surface area (Å²) in [7, 11) is 0. The van der Waals surface area contributed by atoms with Gasteiger partial charge in [-0.2, -0.15) is 0 Å². The molecule has 0 fully saturated rings. The maximum atomic E-state index is 12.8. The van der Waals surface area contributed by atoms with Crippen molar-refractivity contribution in [3.8, 4) is 0 Å². The van der Waals surface area contributed by atoms with Gasteiger partial charge in [0.15, 0.2) is 0 Å². The van der Waals surface area contributed by atoms with Gasteiger partial charge in [0.05, 0.1) is 12.4 Å². The van der Waals surface area contributed by atoms with Crippen LogP contribution in [0.1, 0.15) is 28.8 Å². The number of amides is 2. The molecular formula is C26H27N5O2S. The summed E-state index contributed by atoms with van der Waals surface area (Å²) in [6.45, 7) is 2.67. The van der Waals surface area contributed by atoms with Crippen LogP contribution in [0.4, 0.5) is 17.1 Å². The lowest BCUT2D eigenvalue weighted by Gasteiger charge is -2.12. The minimum Gasteiger partial charge on any atom is -0.374 e. The minimum atomic E-state index is -0.232. The first-order valence-corrected chi connectivity index (χ1v) is 11.9. The molecule has 1 unspecified atom stereocenters. The monoisotopic (exact) mass is 473 g/mol. The van der Waals surface area contributed by atoms with Crippen LogP contribution in [-0.4, -0.2) is 30.7 Å². The van der Waals surface area contributed by atoms with E-state index in [9.17, 15) is 9.59 Å². The Kier molecular flexibility index (Phi) is 7.83. The molecule has 0 saturated carbocycles. The predicted octanol–water partition coefficient (Wildman–Crippen LogP) is 5.09. The van der Waals surface area contributed by atoms with Crippen LogP contribution in [0.5, 0.6) is 0 Å². The van der Waals surface area contributed by atoms with Crippen LogP contribution < -0.4 is 20.7 Å². The van der Waals surface area contributed by atoms with Gasteiger partial charge in [-0.25, -0.2) is 0 Å². The van der Waals surface area contributed by atoms with Gasteiger partial charge >= 0.3 is 0 Å². The van der Waals surface area contributed by atoms with Crippen molar-refractivity contribution >= 4 is 47.2 Å². The molecule has 4 N–H and O–H groups in total. The quantitative estimate of drug-likeness (QED) is 0.325. The Morgan fingerprint density at radius 1 is 1.00 bits per heavy atom. The van der Waals surface area contributed by atoms with E-state index >= 15 is 0 Å². The van der Waals surface area contributed by atoms with Crippen molar-refractivity contribution in [3.05, 3.63) is 83.9 Å².